The minimum atomic E-state index is 0.181. The van der Waals surface area contributed by atoms with Gasteiger partial charge in [-0.25, -0.2) is 9.97 Å². The molecule has 5 nitrogen and oxygen atoms in total. The van der Waals surface area contributed by atoms with E-state index in [0.29, 0.717) is 19.1 Å². The molecule has 1 saturated carbocycles. The molecule has 1 aromatic heterocycles. The molecular weight excluding hydrogens is 278 g/mol. The molecule has 1 aromatic rings. The summed E-state index contributed by atoms with van der Waals surface area (Å²) in [5, 5.41) is 3.04. The first-order valence-corrected chi connectivity index (χ1v) is 8.50. The van der Waals surface area contributed by atoms with Crippen molar-refractivity contribution in [3.63, 3.8) is 0 Å². The fraction of sp³-hybridized carbons (Fsp3) is 0.706. The molecule has 2 fully saturated rings. The third-order valence-electron chi connectivity index (χ3n) is 4.68. The van der Waals surface area contributed by atoms with Gasteiger partial charge in [0.25, 0.3) is 0 Å². The molecule has 2 heterocycles. The molecule has 2 aliphatic rings. The Morgan fingerprint density at radius 2 is 2.09 bits per heavy atom. The summed E-state index contributed by atoms with van der Waals surface area (Å²) >= 11 is 0. The van der Waals surface area contributed by atoms with Gasteiger partial charge in [0.1, 0.15) is 5.82 Å². The van der Waals surface area contributed by atoms with Crippen molar-refractivity contribution in [3.8, 4) is 0 Å². The Morgan fingerprint density at radius 1 is 1.23 bits per heavy atom. The van der Waals surface area contributed by atoms with Crippen LogP contribution in [0.3, 0.4) is 0 Å². The third-order valence-corrected chi connectivity index (χ3v) is 4.68. The summed E-state index contributed by atoms with van der Waals surface area (Å²) in [6.07, 6.45) is 9.62. The predicted octanol–water partition coefficient (Wildman–Crippen LogP) is 2.57. The van der Waals surface area contributed by atoms with E-state index in [4.69, 9.17) is 4.74 Å². The molecule has 0 bridgehead atoms. The lowest BCUT2D eigenvalue weighted by molar-refractivity contribution is -0.126. The number of ether oxygens (including phenoxy) is 1. The number of carbonyl (C=O) groups is 1. The highest BCUT2D eigenvalue weighted by Crippen LogP contribution is 2.24. The van der Waals surface area contributed by atoms with Crippen LogP contribution in [-0.2, 0) is 16.1 Å². The first kappa shape index (κ1) is 15.4. The monoisotopic (exact) mass is 303 g/mol. The first-order valence-electron chi connectivity index (χ1n) is 8.50. The van der Waals surface area contributed by atoms with E-state index in [1.165, 1.54) is 19.3 Å². The van der Waals surface area contributed by atoms with Crippen LogP contribution >= 0.6 is 0 Å². The summed E-state index contributed by atoms with van der Waals surface area (Å²) in [7, 11) is 0. The van der Waals surface area contributed by atoms with Gasteiger partial charge in [0.2, 0.25) is 5.91 Å². The van der Waals surface area contributed by atoms with Crippen LogP contribution in [0.15, 0.2) is 12.3 Å². The Balaban J connectivity index is 1.54. The van der Waals surface area contributed by atoms with Crippen LogP contribution in [0.5, 0.6) is 0 Å². The minimum Gasteiger partial charge on any atom is -0.381 e. The Hall–Kier alpha value is -1.49. The number of aromatic nitrogens is 2. The van der Waals surface area contributed by atoms with Gasteiger partial charge in [0, 0.05) is 24.6 Å². The molecule has 0 radical (unpaired) electrons. The Kier molecular flexibility index (Phi) is 5.38. The lowest BCUT2D eigenvalue weighted by Gasteiger charge is -2.22. The second kappa shape index (κ2) is 7.68. The van der Waals surface area contributed by atoms with Crippen molar-refractivity contribution in [2.75, 3.05) is 13.2 Å². The molecule has 1 N–H and O–H groups in total. The van der Waals surface area contributed by atoms with E-state index in [-0.39, 0.29) is 11.8 Å². The summed E-state index contributed by atoms with van der Waals surface area (Å²) in [6.45, 7) is 2.05. The van der Waals surface area contributed by atoms with Gasteiger partial charge in [0.15, 0.2) is 0 Å². The van der Waals surface area contributed by atoms with Crippen LogP contribution in [0.2, 0.25) is 0 Å². The van der Waals surface area contributed by atoms with Gasteiger partial charge in [-0.15, -0.1) is 0 Å². The van der Waals surface area contributed by atoms with Crippen LogP contribution in [0.1, 0.15) is 62.4 Å². The maximum Gasteiger partial charge on any atom is 0.223 e. The zero-order valence-electron chi connectivity index (χ0n) is 13.1. The molecule has 0 aromatic carbocycles. The molecule has 1 atom stereocenters. The first-order chi connectivity index (χ1) is 10.8. The molecule has 1 aliphatic carbocycles. The normalized spacial score (nSPS) is 23.2. The number of hydrogen-bond donors (Lipinski definition) is 1. The Morgan fingerprint density at radius 3 is 2.86 bits per heavy atom. The molecule has 22 heavy (non-hydrogen) atoms. The lowest BCUT2D eigenvalue weighted by Crippen LogP contribution is -2.31. The van der Waals surface area contributed by atoms with Crippen molar-refractivity contribution in [1.29, 1.82) is 0 Å². The molecule has 3 rings (SSSR count). The maximum atomic E-state index is 12.2. The summed E-state index contributed by atoms with van der Waals surface area (Å²) in [4.78, 5) is 21.2. The van der Waals surface area contributed by atoms with Crippen LogP contribution in [0, 0.1) is 5.92 Å². The largest absolute Gasteiger partial charge is 0.381 e. The summed E-state index contributed by atoms with van der Waals surface area (Å²) in [5.41, 5.74) is 0.889. The fourth-order valence-electron chi connectivity index (χ4n) is 3.34. The van der Waals surface area contributed by atoms with Crippen LogP contribution in [-0.4, -0.2) is 29.1 Å². The van der Waals surface area contributed by atoms with Crippen molar-refractivity contribution in [1.82, 2.24) is 15.3 Å². The van der Waals surface area contributed by atoms with E-state index < -0.39 is 0 Å². The van der Waals surface area contributed by atoms with Gasteiger partial charge >= 0.3 is 0 Å². The second-order valence-electron chi connectivity index (χ2n) is 6.37. The number of carbonyl (C=O) groups excluding carboxylic acids is 1. The van der Waals surface area contributed by atoms with Crippen LogP contribution in [0.4, 0.5) is 0 Å². The average Bonchev–Trinajstić information content (AvgIpc) is 2.61. The summed E-state index contributed by atoms with van der Waals surface area (Å²) in [5.74, 6) is 1.52. The van der Waals surface area contributed by atoms with Crippen molar-refractivity contribution in [2.24, 2.45) is 5.92 Å². The van der Waals surface area contributed by atoms with Gasteiger partial charge in [-0.1, -0.05) is 19.3 Å². The average molecular weight is 303 g/mol. The topological polar surface area (TPSA) is 64.1 Å². The van der Waals surface area contributed by atoms with Gasteiger partial charge < -0.3 is 10.1 Å². The maximum absolute atomic E-state index is 12.2. The van der Waals surface area contributed by atoms with Crippen molar-refractivity contribution >= 4 is 5.91 Å². The quantitative estimate of drug-likeness (QED) is 0.928. The van der Waals surface area contributed by atoms with Crippen molar-refractivity contribution in [3.05, 3.63) is 23.8 Å². The highest BCUT2D eigenvalue weighted by Gasteiger charge is 2.21. The second-order valence-corrected chi connectivity index (χ2v) is 6.37. The molecule has 0 spiro atoms. The van der Waals surface area contributed by atoms with Gasteiger partial charge in [0.05, 0.1) is 18.8 Å². The summed E-state index contributed by atoms with van der Waals surface area (Å²) in [6, 6.07) is 1.88. The molecule has 5 heteroatoms. The predicted molar refractivity (Wildman–Crippen MR) is 83.2 cm³/mol. The molecule has 120 valence electrons. The van der Waals surface area contributed by atoms with Crippen molar-refractivity contribution in [2.45, 2.75) is 57.4 Å². The SMILES string of the molecule is O=C(NCc1ccnc([C@@H]2CCCOC2)n1)C1CCCCC1. The number of hydrogen-bond acceptors (Lipinski definition) is 4. The molecule has 1 aliphatic heterocycles. The molecule has 1 saturated heterocycles. The number of rotatable bonds is 4. The van der Waals surface area contributed by atoms with Crippen LogP contribution in [0.25, 0.3) is 0 Å². The number of nitrogens with one attached hydrogen (secondary N) is 1. The third kappa shape index (κ3) is 4.03. The van der Waals surface area contributed by atoms with Crippen LogP contribution < -0.4 is 5.32 Å². The van der Waals surface area contributed by atoms with E-state index in [1.807, 2.05) is 6.07 Å². The van der Waals surface area contributed by atoms with E-state index in [9.17, 15) is 4.79 Å². The van der Waals surface area contributed by atoms with Gasteiger partial charge in [-0.3, -0.25) is 4.79 Å². The number of nitrogens with zero attached hydrogens (tertiary/aromatic N) is 2. The molecule has 1 amide bonds. The molecular formula is C17H25N3O2. The minimum absolute atomic E-state index is 0.181. The smallest absolute Gasteiger partial charge is 0.223 e. The van der Waals surface area contributed by atoms with E-state index in [2.05, 4.69) is 15.3 Å². The highest BCUT2D eigenvalue weighted by molar-refractivity contribution is 5.78. The highest BCUT2D eigenvalue weighted by atomic mass is 16.5. The Bertz CT molecular complexity index is 494. The van der Waals surface area contributed by atoms with E-state index >= 15 is 0 Å². The van der Waals surface area contributed by atoms with Crippen molar-refractivity contribution < 1.29 is 9.53 Å². The number of amides is 1. The fourth-order valence-corrected chi connectivity index (χ4v) is 3.34. The van der Waals surface area contributed by atoms with Gasteiger partial charge in [-0.05, 0) is 31.7 Å². The zero-order valence-corrected chi connectivity index (χ0v) is 13.1. The molecule has 0 unspecified atom stereocenters. The Labute approximate surface area is 131 Å². The standard InChI is InChI=1S/C17H25N3O2/c21-17(13-5-2-1-3-6-13)19-11-15-8-9-18-16(20-15)14-7-4-10-22-12-14/h8-9,13-14H,1-7,10-12H2,(H,19,21)/t14-/m1/s1. The van der Waals surface area contributed by atoms with Gasteiger partial charge in [-0.2, -0.15) is 0 Å². The van der Waals surface area contributed by atoms with E-state index in [0.717, 1.165) is 43.8 Å². The van der Waals surface area contributed by atoms with E-state index in [1.54, 1.807) is 6.20 Å². The lowest BCUT2D eigenvalue weighted by atomic mass is 9.89. The zero-order chi connectivity index (χ0) is 15.2. The summed E-state index contributed by atoms with van der Waals surface area (Å²) < 4.78 is 5.50.